The zero-order chi connectivity index (χ0) is 18.1. The van der Waals surface area contributed by atoms with Gasteiger partial charge in [0.25, 0.3) is 5.91 Å². The van der Waals surface area contributed by atoms with Gasteiger partial charge >= 0.3 is 0 Å². The first-order valence-corrected chi connectivity index (χ1v) is 8.37. The molecule has 8 heteroatoms. The fourth-order valence-electron chi connectivity index (χ4n) is 3.20. The van der Waals surface area contributed by atoms with Crippen LogP contribution in [0.2, 0.25) is 0 Å². The Morgan fingerprint density at radius 1 is 1.23 bits per heavy atom. The topological polar surface area (TPSA) is 73.0 Å². The van der Waals surface area contributed by atoms with E-state index in [2.05, 4.69) is 15.6 Å². The molecule has 4 rings (SSSR count). The van der Waals surface area contributed by atoms with Crippen LogP contribution in [0.5, 0.6) is 0 Å². The molecule has 1 aromatic carbocycles. The number of benzene rings is 1. The SMILES string of the molecule is O=C(NCCc1ccon1)c1nn(-c2ccc(F)c(F)c2)c2c1CCC2. The fraction of sp³-hybridized carbons (Fsp3) is 0.278. The molecule has 0 saturated carbocycles. The van der Waals surface area contributed by atoms with Gasteiger partial charge in [0, 0.05) is 36.4 Å². The van der Waals surface area contributed by atoms with E-state index in [4.69, 9.17) is 4.52 Å². The number of aromatic nitrogens is 3. The average molecular weight is 358 g/mol. The Labute approximate surface area is 147 Å². The number of hydrogen-bond acceptors (Lipinski definition) is 4. The lowest BCUT2D eigenvalue weighted by Crippen LogP contribution is -2.27. The molecule has 1 N–H and O–H groups in total. The lowest BCUT2D eigenvalue weighted by molar-refractivity contribution is 0.0947. The van der Waals surface area contributed by atoms with Crippen molar-refractivity contribution in [3.8, 4) is 5.69 Å². The summed E-state index contributed by atoms with van der Waals surface area (Å²) in [5.74, 6) is -2.14. The first-order valence-electron chi connectivity index (χ1n) is 8.37. The van der Waals surface area contributed by atoms with Crippen LogP contribution in [0.3, 0.4) is 0 Å². The molecular formula is C18H16F2N4O2. The second-order valence-corrected chi connectivity index (χ2v) is 6.13. The minimum absolute atomic E-state index is 0.284. The van der Waals surface area contributed by atoms with Crippen LogP contribution in [-0.2, 0) is 19.3 Å². The monoisotopic (exact) mass is 358 g/mol. The summed E-state index contributed by atoms with van der Waals surface area (Å²) < 4.78 is 33.1. The van der Waals surface area contributed by atoms with Gasteiger partial charge in [0.1, 0.15) is 6.26 Å². The predicted octanol–water partition coefficient (Wildman–Crippen LogP) is 2.60. The molecule has 1 aliphatic carbocycles. The van der Waals surface area contributed by atoms with Crippen LogP contribution < -0.4 is 5.32 Å². The molecule has 0 bridgehead atoms. The average Bonchev–Trinajstić information content (AvgIpc) is 3.34. The smallest absolute Gasteiger partial charge is 0.272 e. The van der Waals surface area contributed by atoms with Gasteiger partial charge in [-0.1, -0.05) is 5.16 Å². The van der Waals surface area contributed by atoms with Crippen molar-refractivity contribution in [2.24, 2.45) is 0 Å². The second-order valence-electron chi connectivity index (χ2n) is 6.13. The summed E-state index contributed by atoms with van der Waals surface area (Å²) in [4.78, 5) is 12.5. The van der Waals surface area contributed by atoms with Crippen molar-refractivity contribution in [2.75, 3.05) is 6.54 Å². The highest BCUT2D eigenvalue weighted by Gasteiger charge is 2.27. The molecule has 0 atom stereocenters. The molecule has 2 aromatic heterocycles. The van der Waals surface area contributed by atoms with Crippen LogP contribution in [0.15, 0.2) is 35.1 Å². The summed E-state index contributed by atoms with van der Waals surface area (Å²) in [6, 6.07) is 5.34. The van der Waals surface area contributed by atoms with Gasteiger partial charge in [-0.2, -0.15) is 5.10 Å². The number of nitrogens with one attached hydrogen (secondary N) is 1. The van der Waals surface area contributed by atoms with Crippen molar-refractivity contribution in [2.45, 2.75) is 25.7 Å². The van der Waals surface area contributed by atoms with Crippen LogP contribution in [-0.4, -0.2) is 27.4 Å². The van der Waals surface area contributed by atoms with E-state index in [9.17, 15) is 13.6 Å². The highest BCUT2D eigenvalue weighted by molar-refractivity contribution is 5.94. The molecule has 3 aromatic rings. The van der Waals surface area contributed by atoms with Gasteiger partial charge in [0.15, 0.2) is 17.3 Å². The molecule has 134 valence electrons. The third-order valence-corrected chi connectivity index (χ3v) is 4.45. The van der Waals surface area contributed by atoms with Crippen molar-refractivity contribution in [3.05, 3.63) is 64.8 Å². The standard InChI is InChI=1S/C18H16F2N4O2/c19-14-5-4-12(10-15(14)20)24-16-3-1-2-13(16)17(22-24)18(25)21-8-6-11-7-9-26-23-11/h4-5,7,9-10H,1-3,6,8H2,(H,21,25). The lowest BCUT2D eigenvalue weighted by atomic mass is 10.2. The molecule has 0 spiro atoms. The van der Waals surface area contributed by atoms with Gasteiger partial charge in [0.05, 0.1) is 11.4 Å². The molecule has 6 nitrogen and oxygen atoms in total. The molecule has 0 fully saturated rings. The van der Waals surface area contributed by atoms with Gasteiger partial charge < -0.3 is 9.84 Å². The molecule has 0 radical (unpaired) electrons. The molecule has 0 aliphatic heterocycles. The Kier molecular flexibility index (Phi) is 4.24. The number of rotatable bonds is 5. The largest absolute Gasteiger partial charge is 0.365 e. The molecule has 1 aliphatic rings. The molecule has 2 heterocycles. The van der Waals surface area contributed by atoms with E-state index in [1.54, 1.807) is 6.07 Å². The van der Waals surface area contributed by atoms with Crippen LogP contribution in [0, 0.1) is 11.6 Å². The zero-order valence-electron chi connectivity index (χ0n) is 13.8. The van der Waals surface area contributed by atoms with Gasteiger partial charge in [0.2, 0.25) is 0 Å². The maximum absolute atomic E-state index is 13.6. The van der Waals surface area contributed by atoms with E-state index < -0.39 is 11.6 Å². The Bertz CT molecular complexity index is 951. The summed E-state index contributed by atoms with van der Waals surface area (Å²) >= 11 is 0. The van der Waals surface area contributed by atoms with Crippen LogP contribution in [0.4, 0.5) is 8.78 Å². The predicted molar refractivity (Wildman–Crippen MR) is 88.0 cm³/mol. The van der Waals surface area contributed by atoms with E-state index >= 15 is 0 Å². The molecule has 26 heavy (non-hydrogen) atoms. The van der Waals surface area contributed by atoms with Crippen molar-refractivity contribution >= 4 is 5.91 Å². The van der Waals surface area contributed by atoms with Crippen LogP contribution >= 0.6 is 0 Å². The Balaban J connectivity index is 1.57. The summed E-state index contributed by atoms with van der Waals surface area (Å²) in [7, 11) is 0. The number of fused-ring (bicyclic) bond motifs is 1. The lowest BCUT2D eigenvalue weighted by Gasteiger charge is -2.06. The number of carbonyl (C=O) groups is 1. The van der Waals surface area contributed by atoms with Crippen molar-refractivity contribution < 1.29 is 18.1 Å². The van der Waals surface area contributed by atoms with Gasteiger partial charge in [-0.3, -0.25) is 4.79 Å². The maximum atomic E-state index is 13.6. The highest BCUT2D eigenvalue weighted by Crippen LogP contribution is 2.28. The second kappa shape index (κ2) is 6.70. The van der Waals surface area contributed by atoms with E-state index in [0.717, 1.165) is 48.3 Å². The summed E-state index contributed by atoms with van der Waals surface area (Å²) in [5, 5.41) is 11.0. The minimum atomic E-state index is -0.941. The Hall–Kier alpha value is -3.03. The number of halogens is 2. The molecule has 0 saturated heterocycles. The number of hydrogen-bond donors (Lipinski definition) is 1. The fourth-order valence-corrected chi connectivity index (χ4v) is 3.20. The van der Waals surface area contributed by atoms with Crippen molar-refractivity contribution in [3.63, 3.8) is 0 Å². The van der Waals surface area contributed by atoms with Crippen LogP contribution in [0.1, 0.15) is 33.9 Å². The molecular weight excluding hydrogens is 342 g/mol. The summed E-state index contributed by atoms with van der Waals surface area (Å²) in [6.45, 7) is 0.401. The van der Waals surface area contributed by atoms with E-state index in [1.807, 2.05) is 0 Å². The normalized spacial score (nSPS) is 13.0. The van der Waals surface area contributed by atoms with E-state index in [-0.39, 0.29) is 5.91 Å². The Morgan fingerprint density at radius 2 is 2.12 bits per heavy atom. The summed E-state index contributed by atoms with van der Waals surface area (Å²) in [5.41, 5.74) is 3.24. The van der Waals surface area contributed by atoms with Crippen molar-refractivity contribution in [1.82, 2.24) is 20.3 Å². The molecule has 1 amide bonds. The van der Waals surface area contributed by atoms with E-state index in [0.29, 0.717) is 24.3 Å². The van der Waals surface area contributed by atoms with Gasteiger partial charge in [-0.05, 0) is 31.4 Å². The number of nitrogens with zero attached hydrogens (tertiary/aromatic N) is 3. The van der Waals surface area contributed by atoms with Gasteiger partial charge in [-0.25, -0.2) is 13.5 Å². The first-order chi connectivity index (χ1) is 12.6. The van der Waals surface area contributed by atoms with Crippen molar-refractivity contribution in [1.29, 1.82) is 0 Å². The maximum Gasteiger partial charge on any atom is 0.272 e. The molecule has 0 unspecified atom stereocenters. The number of carbonyl (C=O) groups excluding carboxylic acids is 1. The third kappa shape index (κ3) is 2.98. The van der Waals surface area contributed by atoms with Crippen LogP contribution in [0.25, 0.3) is 5.69 Å². The Morgan fingerprint density at radius 3 is 2.88 bits per heavy atom. The zero-order valence-corrected chi connectivity index (χ0v) is 13.8. The third-order valence-electron chi connectivity index (χ3n) is 4.45. The number of amides is 1. The summed E-state index contributed by atoms with van der Waals surface area (Å²) in [6.07, 6.45) is 4.41. The quantitative estimate of drug-likeness (QED) is 0.761. The minimum Gasteiger partial charge on any atom is -0.365 e. The first kappa shape index (κ1) is 16.4. The van der Waals surface area contributed by atoms with Gasteiger partial charge in [-0.15, -0.1) is 0 Å². The highest BCUT2D eigenvalue weighted by atomic mass is 19.2. The van der Waals surface area contributed by atoms with E-state index in [1.165, 1.54) is 17.0 Å².